The molecule has 0 aliphatic heterocycles. The molecule has 0 saturated carbocycles. The summed E-state index contributed by atoms with van der Waals surface area (Å²) >= 11 is 0. The largest absolute Gasteiger partial charge is 0.459 e. The summed E-state index contributed by atoms with van der Waals surface area (Å²) in [5.74, 6) is 0.341. The second-order valence-corrected chi connectivity index (χ2v) is 6.47. The molecule has 1 amide bonds. The fourth-order valence-corrected chi connectivity index (χ4v) is 3.02. The van der Waals surface area contributed by atoms with Gasteiger partial charge in [-0.05, 0) is 49.4 Å². The van der Waals surface area contributed by atoms with E-state index in [1.165, 1.54) is 24.3 Å². The average molecular weight is 369 g/mol. The molecular weight excluding hydrogens is 352 g/mol. The number of amides is 1. The van der Waals surface area contributed by atoms with Crippen molar-refractivity contribution in [3.63, 3.8) is 0 Å². The zero-order valence-corrected chi connectivity index (χ0v) is 14.6. The second-order valence-electron chi connectivity index (χ2n) is 6.47. The van der Waals surface area contributed by atoms with Gasteiger partial charge in [-0.1, -0.05) is 0 Å². The van der Waals surface area contributed by atoms with Crippen molar-refractivity contribution in [2.24, 2.45) is 0 Å². The molecule has 0 unspecified atom stereocenters. The van der Waals surface area contributed by atoms with E-state index in [-0.39, 0.29) is 30.0 Å². The highest BCUT2D eigenvalue weighted by atomic mass is 19.1. The first-order valence-electron chi connectivity index (χ1n) is 8.60. The lowest BCUT2D eigenvalue weighted by Gasteiger charge is -2.10. The molecule has 0 spiro atoms. The molecule has 0 fully saturated rings. The topological polar surface area (TPSA) is 70.9 Å². The third-order valence-electron chi connectivity index (χ3n) is 4.38. The number of nitrogens with one attached hydrogen (secondary N) is 2. The number of carbonyl (C=O) groups excluding carboxylic acids is 1. The van der Waals surface area contributed by atoms with E-state index >= 15 is 0 Å². The van der Waals surface area contributed by atoms with Gasteiger partial charge in [-0.3, -0.25) is 4.79 Å². The van der Waals surface area contributed by atoms with Crippen molar-refractivity contribution >= 4 is 27.9 Å². The first kappa shape index (κ1) is 17.2. The van der Waals surface area contributed by atoms with E-state index in [2.05, 4.69) is 15.3 Å². The third-order valence-corrected chi connectivity index (χ3v) is 4.38. The number of nitrogens with zero attached hydrogens (tertiary/aromatic N) is 1. The van der Waals surface area contributed by atoms with Crippen LogP contribution in [-0.4, -0.2) is 15.9 Å². The molecule has 0 aliphatic carbocycles. The standard InChI is InChI=1S/C20H17F2N3O2/c1-11(18-9-12-8-13(21)3-5-17(12)27-18)23-20(26)7-6-19-24-15-4-2-14(22)10-16(15)25-19/h2-5,8-11H,6-7H2,1H3,(H,23,26)(H,24,25)/t11-/m1/s1. The van der Waals surface area contributed by atoms with Gasteiger partial charge in [0.15, 0.2) is 0 Å². The van der Waals surface area contributed by atoms with Gasteiger partial charge in [-0.15, -0.1) is 0 Å². The molecule has 0 radical (unpaired) electrons. The van der Waals surface area contributed by atoms with Crippen molar-refractivity contribution in [2.45, 2.75) is 25.8 Å². The van der Waals surface area contributed by atoms with Crippen molar-refractivity contribution < 1.29 is 18.0 Å². The number of H-pyrrole nitrogens is 1. The molecule has 0 saturated heterocycles. The van der Waals surface area contributed by atoms with Gasteiger partial charge in [-0.2, -0.15) is 0 Å². The van der Waals surface area contributed by atoms with Gasteiger partial charge in [-0.25, -0.2) is 13.8 Å². The Morgan fingerprint density at radius 3 is 2.81 bits per heavy atom. The lowest BCUT2D eigenvalue weighted by molar-refractivity contribution is -0.121. The van der Waals surface area contributed by atoms with Crippen molar-refractivity contribution in [1.82, 2.24) is 15.3 Å². The molecule has 0 bridgehead atoms. The van der Waals surface area contributed by atoms with Crippen LogP contribution in [0.15, 0.2) is 46.9 Å². The molecule has 138 valence electrons. The van der Waals surface area contributed by atoms with Crippen LogP contribution in [0.1, 0.15) is 31.0 Å². The van der Waals surface area contributed by atoms with Crippen LogP contribution in [0.4, 0.5) is 8.78 Å². The summed E-state index contributed by atoms with van der Waals surface area (Å²) in [6, 6.07) is 9.97. The first-order valence-corrected chi connectivity index (χ1v) is 8.60. The molecule has 0 aliphatic rings. The summed E-state index contributed by atoms with van der Waals surface area (Å²) in [6.45, 7) is 1.80. The predicted octanol–water partition coefficient (Wildman–Crippen LogP) is 4.40. The van der Waals surface area contributed by atoms with Crippen molar-refractivity contribution in [2.75, 3.05) is 0 Å². The van der Waals surface area contributed by atoms with Crippen LogP contribution in [-0.2, 0) is 11.2 Å². The van der Waals surface area contributed by atoms with E-state index in [1.54, 1.807) is 25.1 Å². The minimum atomic E-state index is -0.349. The quantitative estimate of drug-likeness (QED) is 0.548. The Hall–Kier alpha value is -3.22. The van der Waals surface area contributed by atoms with E-state index in [9.17, 15) is 13.6 Å². The zero-order valence-electron chi connectivity index (χ0n) is 14.6. The van der Waals surface area contributed by atoms with E-state index in [1.807, 2.05) is 0 Å². The van der Waals surface area contributed by atoms with Crippen LogP contribution >= 0.6 is 0 Å². The molecule has 2 aromatic heterocycles. The molecule has 4 aromatic rings. The van der Waals surface area contributed by atoms with E-state index in [4.69, 9.17) is 4.42 Å². The lowest BCUT2D eigenvalue weighted by Crippen LogP contribution is -2.26. The Morgan fingerprint density at radius 2 is 1.96 bits per heavy atom. The number of carbonyl (C=O) groups is 1. The number of aryl methyl sites for hydroxylation is 1. The third kappa shape index (κ3) is 3.67. The van der Waals surface area contributed by atoms with Gasteiger partial charge in [0, 0.05) is 18.2 Å². The fourth-order valence-electron chi connectivity index (χ4n) is 3.02. The first-order chi connectivity index (χ1) is 13.0. The number of hydrogen-bond acceptors (Lipinski definition) is 3. The Labute approximate surface area is 153 Å². The van der Waals surface area contributed by atoms with Crippen LogP contribution in [0.2, 0.25) is 0 Å². The van der Waals surface area contributed by atoms with Gasteiger partial charge in [0.05, 0.1) is 17.1 Å². The monoisotopic (exact) mass is 369 g/mol. The van der Waals surface area contributed by atoms with Crippen LogP contribution in [0.3, 0.4) is 0 Å². The Morgan fingerprint density at radius 1 is 1.19 bits per heavy atom. The molecule has 4 rings (SSSR count). The molecule has 5 nitrogen and oxygen atoms in total. The summed E-state index contributed by atoms with van der Waals surface area (Å²) in [6.07, 6.45) is 0.627. The maximum absolute atomic E-state index is 13.3. The molecule has 7 heteroatoms. The number of halogens is 2. The number of aromatic amines is 1. The van der Waals surface area contributed by atoms with Gasteiger partial charge < -0.3 is 14.7 Å². The van der Waals surface area contributed by atoms with Gasteiger partial charge >= 0.3 is 0 Å². The van der Waals surface area contributed by atoms with Crippen molar-refractivity contribution in [3.8, 4) is 0 Å². The Balaban J connectivity index is 1.38. The van der Waals surface area contributed by atoms with Crippen LogP contribution in [0.5, 0.6) is 0 Å². The number of furan rings is 1. The van der Waals surface area contributed by atoms with E-state index in [0.717, 1.165) is 0 Å². The minimum Gasteiger partial charge on any atom is -0.459 e. The molecule has 2 aromatic carbocycles. The normalized spacial score (nSPS) is 12.6. The van der Waals surface area contributed by atoms with Crippen molar-refractivity contribution in [1.29, 1.82) is 0 Å². The SMILES string of the molecule is C[C@@H](NC(=O)CCc1nc2ccc(F)cc2[nH]1)c1cc2cc(F)ccc2o1. The highest BCUT2D eigenvalue weighted by Crippen LogP contribution is 2.24. The minimum absolute atomic E-state index is 0.166. The smallest absolute Gasteiger partial charge is 0.221 e. The summed E-state index contributed by atoms with van der Waals surface area (Å²) in [5.41, 5.74) is 1.84. The molecule has 1 atom stereocenters. The van der Waals surface area contributed by atoms with E-state index < -0.39 is 0 Å². The van der Waals surface area contributed by atoms with E-state index in [0.29, 0.717) is 40.0 Å². The molecule has 27 heavy (non-hydrogen) atoms. The predicted molar refractivity (Wildman–Crippen MR) is 97.1 cm³/mol. The van der Waals surface area contributed by atoms with Crippen LogP contribution in [0.25, 0.3) is 22.0 Å². The van der Waals surface area contributed by atoms with Gasteiger partial charge in [0.25, 0.3) is 0 Å². The van der Waals surface area contributed by atoms with Gasteiger partial charge in [0.2, 0.25) is 5.91 Å². The molecule has 2 N–H and O–H groups in total. The molecule has 2 heterocycles. The highest BCUT2D eigenvalue weighted by Gasteiger charge is 2.15. The fraction of sp³-hybridized carbons (Fsp3) is 0.200. The number of benzene rings is 2. The second kappa shape index (κ2) is 6.83. The molecular formula is C20H17F2N3O2. The van der Waals surface area contributed by atoms with Gasteiger partial charge in [0.1, 0.15) is 28.8 Å². The van der Waals surface area contributed by atoms with Crippen LogP contribution < -0.4 is 5.32 Å². The van der Waals surface area contributed by atoms with Crippen molar-refractivity contribution in [3.05, 3.63) is 65.7 Å². The number of aromatic nitrogens is 2. The zero-order chi connectivity index (χ0) is 19.0. The number of fused-ring (bicyclic) bond motifs is 2. The summed E-state index contributed by atoms with van der Waals surface area (Å²) in [7, 11) is 0. The number of hydrogen-bond donors (Lipinski definition) is 2. The maximum Gasteiger partial charge on any atom is 0.221 e. The maximum atomic E-state index is 13.3. The van der Waals surface area contributed by atoms with Crippen LogP contribution in [0, 0.1) is 11.6 Å². The number of imidazole rings is 1. The Bertz CT molecular complexity index is 1130. The number of rotatable bonds is 5. The summed E-state index contributed by atoms with van der Waals surface area (Å²) < 4.78 is 32.2. The summed E-state index contributed by atoms with van der Waals surface area (Å²) in [5, 5.41) is 3.51. The lowest BCUT2D eigenvalue weighted by atomic mass is 10.2. The highest BCUT2D eigenvalue weighted by molar-refractivity contribution is 5.79. The Kier molecular flexibility index (Phi) is 4.35. The average Bonchev–Trinajstić information content (AvgIpc) is 3.22. The summed E-state index contributed by atoms with van der Waals surface area (Å²) in [4.78, 5) is 19.6.